The van der Waals surface area contributed by atoms with Crippen LogP contribution in [0.4, 0.5) is 0 Å². The van der Waals surface area contributed by atoms with Crippen LogP contribution in [0.5, 0.6) is 0 Å². The number of likely N-dealkylation sites (N-methyl/N-ethyl adjacent to an activating group) is 2. The number of aliphatic hydroxyl groups is 1. The van der Waals surface area contributed by atoms with Gasteiger partial charge in [0.25, 0.3) is 0 Å². The molecule has 10 N–H and O–H groups in total. The van der Waals surface area contributed by atoms with Gasteiger partial charge in [-0.2, -0.15) is 12.6 Å². The standard InChI is InChI=1S/C30H49N9O7S/c1-17(2)24(38-25(42)20(12-9-13-34-30(31)32)36-26(43)22(16-47)35-18(3)41)28(45)37-21(15-40)29(46)39(5)23(27(44)33-4)14-19-10-7-6-8-11-19/h6-8,10-11,17,20-24,40,47H,9,12-16H2,1-5H3,(H,33,44)(H,35,41)(H,36,43)(H,37,45)(H,38,42)(H4,31,32,34)/t20-,21-,22-,23-,24-/m0/s1. The minimum absolute atomic E-state index is 0.0398. The Kier molecular flexibility index (Phi) is 17.9. The van der Waals surface area contributed by atoms with Gasteiger partial charge in [0, 0.05) is 39.7 Å². The van der Waals surface area contributed by atoms with Crippen LogP contribution in [0, 0.1) is 5.92 Å². The molecule has 0 spiro atoms. The lowest BCUT2D eigenvalue weighted by Gasteiger charge is -2.31. The molecule has 1 rings (SSSR count). The van der Waals surface area contributed by atoms with E-state index in [2.05, 4.69) is 44.2 Å². The number of guanidine groups is 1. The summed E-state index contributed by atoms with van der Waals surface area (Å²) in [5.74, 6) is -4.47. The van der Waals surface area contributed by atoms with Crippen LogP contribution in [0.25, 0.3) is 0 Å². The number of nitrogens with zero attached hydrogens (tertiary/aromatic N) is 2. The molecular formula is C30H49N9O7S. The summed E-state index contributed by atoms with van der Waals surface area (Å²) in [6, 6.07) is 3.30. The van der Waals surface area contributed by atoms with Gasteiger partial charge in [-0.3, -0.25) is 33.8 Å². The van der Waals surface area contributed by atoms with E-state index in [1.807, 2.05) is 18.2 Å². The van der Waals surface area contributed by atoms with Gasteiger partial charge in [0.2, 0.25) is 35.4 Å². The highest BCUT2D eigenvalue weighted by molar-refractivity contribution is 7.80. The van der Waals surface area contributed by atoms with Gasteiger partial charge in [-0.05, 0) is 24.3 Å². The lowest BCUT2D eigenvalue weighted by Crippen LogP contribution is -2.61. The van der Waals surface area contributed by atoms with E-state index in [9.17, 15) is 33.9 Å². The summed E-state index contributed by atoms with van der Waals surface area (Å²) in [5, 5.41) is 22.8. The Bertz CT molecular complexity index is 1250. The van der Waals surface area contributed by atoms with Crippen molar-refractivity contribution < 1.29 is 33.9 Å². The molecule has 1 aromatic carbocycles. The topological polar surface area (TPSA) is 250 Å². The van der Waals surface area contributed by atoms with Gasteiger partial charge in [-0.1, -0.05) is 44.2 Å². The van der Waals surface area contributed by atoms with Crippen molar-refractivity contribution in [1.29, 1.82) is 0 Å². The molecule has 16 nitrogen and oxygen atoms in total. The van der Waals surface area contributed by atoms with E-state index in [0.29, 0.717) is 0 Å². The van der Waals surface area contributed by atoms with Gasteiger partial charge in [0.1, 0.15) is 30.2 Å². The molecule has 0 heterocycles. The van der Waals surface area contributed by atoms with Gasteiger partial charge in [0.05, 0.1) is 6.61 Å². The number of carbonyl (C=O) groups excluding carboxylic acids is 6. The normalized spacial score (nSPS) is 14.0. The van der Waals surface area contributed by atoms with Crippen LogP contribution in [0.15, 0.2) is 35.3 Å². The first kappa shape index (κ1) is 40.6. The minimum Gasteiger partial charge on any atom is -0.394 e. The Morgan fingerprint density at radius 3 is 2.00 bits per heavy atom. The number of amides is 6. The Labute approximate surface area is 280 Å². The van der Waals surface area contributed by atoms with Gasteiger partial charge in [-0.15, -0.1) is 0 Å². The van der Waals surface area contributed by atoms with E-state index >= 15 is 0 Å². The summed E-state index contributed by atoms with van der Waals surface area (Å²) in [6.45, 7) is 3.94. The van der Waals surface area contributed by atoms with Gasteiger partial charge in [0.15, 0.2) is 5.96 Å². The van der Waals surface area contributed by atoms with E-state index < -0.39 is 78.2 Å². The van der Waals surface area contributed by atoms with E-state index in [-0.39, 0.29) is 37.5 Å². The van der Waals surface area contributed by atoms with Crippen LogP contribution < -0.4 is 38.1 Å². The van der Waals surface area contributed by atoms with Crippen molar-refractivity contribution >= 4 is 54.0 Å². The monoisotopic (exact) mass is 679 g/mol. The van der Waals surface area contributed by atoms with E-state index in [0.717, 1.165) is 10.5 Å². The van der Waals surface area contributed by atoms with Crippen molar-refractivity contribution in [3.05, 3.63) is 35.9 Å². The second-order valence-electron chi connectivity index (χ2n) is 11.2. The number of benzene rings is 1. The molecule has 0 saturated carbocycles. The molecular weight excluding hydrogens is 630 g/mol. The molecule has 6 amide bonds. The van der Waals surface area contributed by atoms with Crippen molar-refractivity contribution in [2.24, 2.45) is 22.4 Å². The summed E-state index contributed by atoms with van der Waals surface area (Å²) < 4.78 is 0. The molecule has 0 fully saturated rings. The summed E-state index contributed by atoms with van der Waals surface area (Å²) in [7, 11) is 2.84. The van der Waals surface area contributed by atoms with Crippen molar-refractivity contribution in [1.82, 2.24) is 31.5 Å². The first-order chi connectivity index (χ1) is 22.2. The average molecular weight is 680 g/mol. The molecule has 47 heavy (non-hydrogen) atoms. The number of rotatable bonds is 19. The number of nitrogens with one attached hydrogen (secondary N) is 5. The second-order valence-corrected chi connectivity index (χ2v) is 11.6. The van der Waals surface area contributed by atoms with Crippen LogP contribution >= 0.6 is 12.6 Å². The van der Waals surface area contributed by atoms with Gasteiger partial charge < -0.3 is 48.1 Å². The lowest BCUT2D eigenvalue weighted by atomic mass is 10.0. The second kappa shape index (κ2) is 20.7. The lowest BCUT2D eigenvalue weighted by molar-refractivity contribution is -0.143. The fourth-order valence-corrected chi connectivity index (χ4v) is 4.79. The fraction of sp³-hybridized carbons (Fsp3) is 0.567. The summed E-state index contributed by atoms with van der Waals surface area (Å²) in [5.41, 5.74) is 11.5. The molecule has 0 radical (unpaired) electrons. The van der Waals surface area contributed by atoms with Gasteiger partial charge >= 0.3 is 0 Å². The van der Waals surface area contributed by atoms with E-state index in [4.69, 9.17) is 11.5 Å². The van der Waals surface area contributed by atoms with Crippen LogP contribution in [0.2, 0.25) is 0 Å². The molecule has 0 aliphatic carbocycles. The van der Waals surface area contributed by atoms with E-state index in [1.54, 1.807) is 26.0 Å². The zero-order valence-electron chi connectivity index (χ0n) is 27.5. The Morgan fingerprint density at radius 2 is 1.49 bits per heavy atom. The van der Waals surface area contributed by atoms with Gasteiger partial charge in [-0.25, -0.2) is 0 Å². The third-order valence-corrected chi connectivity index (χ3v) is 7.50. The molecule has 262 valence electrons. The highest BCUT2D eigenvalue weighted by Crippen LogP contribution is 2.11. The predicted molar refractivity (Wildman–Crippen MR) is 180 cm³/mol. The molecule has 1 aromatic rings. The Hall–Kier alpha value is -4.38. The van der Waals surface area contributed by atoms with E-state index in [1.165, 1.54) is 21.0 Å². The van der Waals surface area contributed by atoms with Crippen molar-refractivity contribution in [2.75, 3.05) is 33.0 Å². The largest absolute Gasteiger partial charge is 0.394 e. The summed E-state index contributed by atoms with van der Waals surface area (Å²) in [6.07, 6.45) is 0.542. The first-order valence-electron chi connectivity index (χ1n) is 15.1. The highest BCUT2D eigenvalue weighted by atomic mass is 32.1. The zero-order chi connectivity index (χ0) is 35.7. The fourth-order valence-electron chi connectivity index (χ4n) is 4.53. The van der Waals surface area contributed by atoms with Crippen molar-refractivity contribution in [3.63, 3.8) is 0 Å². The molecule has 5 atom stereocenters. The molecule has 0 saturated heterocycles. The summed E-state index contributed by atoms with van der Waals surface area (Å²) in [4.78, 5) is 82.5. The van der Waals surface area contributed by atoms with Crippen molar-refractivity contribution in [3.8, 4) is 0 Å². The summed E-state index contributed by atoms with van der Waals surface area (Å²) >= 11 is 4.10. The number of aliphatic hydroxyl groups excluding tert-OH is 1. The number of hydrogen-bond acceptors (Lipinski definition) is 9. The smallest absolute Gasteiger partial charge is 0.247 e. The first-order valence-corrected chi connectivity index (χ1v) is 15.8. The SMILES string of the molecule is CNC(=O)[C@H](Cc1ccccc1)N(C)C(=O)[C@H](CO)NC(=O)[C@@H](NC(=O)[C@H](CCCN=C(N)N)NC(=O)[C@H](CS)NC(C)=O)C(C)C. The third kappa shape index (κ3) is 13.9. The number of nitrogens with two attached hydrogens (primary N) is 2. The Balaban J connectivity index is 3.15. The minimum atomic E-state index is -1.43. The zero-order valence-corrected chi connectivity index (χ0v) is 28.4. The van der Waals surface area contributed by atoms with Crippen LogP contribution in [-0.4, -0.2) is 115 Å². The maximum atomic E-state index is 13.5. The van der Waals surface area contributed by atoms with Crippen LogP contribution in [-0.2, 0) is 35.2 Å². The predicted octanol–water partition coefficient (Wildman–Crippen LogP) is -2.61. The number of hydrogen-bond donors (Lipinski definition) is 9. The van der Waals surface area contributed by atoms with Crippen LogP contribution in [0.1, 0.15) is 39.2 Å². The van der Waals surface area contributed by atoms with Crippen molar-refractivity contribution in [2.45, 2.75) is 70.2 Å². The molecule has 0 unspecified atom stereocenters. The molecule has 17 heteroatoms. The molecule has 0 bridgehead atoms. The number of aliphatic imine (C=N–C) groups is 1. The maximum Gasteiger partial charge on any atom is 0.247 e. The molecule has 0 aliphatic rings. The highest BCUT2D eigenvalue weighted by Gasteiger charge is 2.35. The maximum absolute atomic E-state index is 13.5. The van der Waals surface area contributed by atoms with Crippen LogP contribution in [0.3, 0.4) is 0 Å². The third-order valence-electron chi connectivity index (χ3n) is 7.13. The quantitative estimate of drug-likeness (QED) is 0.0321. The molecule has 0 aromatic heterocycles. The number of carbonyl (C=O) groups is 6. The Morgan fingerprint density at radius 1 is 0.894 bits per heavy atom. The number of thiol groups is 1. The average Bonchev–Trinajstić information content (AvgIpc) is 3.03. The molecule has 0 aliphatic heterocycles.